The molecule has 0 unspecified atom stereocenters. The van der Waals surface area contributed by atoms with Crippen LogP contribution in [0.2, 0.25) is 0 Å². The largest absolute Gasteiger partial charge is 0.342 e. The summed E-state index contributed by atoms with van der Waals surface area (Å²) in [6.45, 7) is 5.60. The first kappa shape index (κ1) is 19.5. The third-order valence-corrected chi connectivity index (χ3v) is 6.01. The molecule has 1 amide bonds. The van der Waals surface area contributed by atoms with E-state index >= 15 is 0 Å². The fraction of sp³-hybridized carbons (Fsp3) is 0.524. The molecule has 29 heavy (non-hydrogen) atoms. The molecule has 154 valence electrons. The first-order chi connectivity index (χ1) is 13.8. The van der Waals surface area contributed by atoms with Crippen LogP contribution in [-0.2, 0) is 11.8 Å². The number of aromatic nitrogens is 3. The molecule has 7 nitrogen and oxygen atoms in total. The third-order valence-electron chi connectivity index (χ3n) is 6.01. The summed E-state index contributed by atoms with van der Waals surface area (Å²) in [5.41, 5.74) is 0.316. The number of nitrogens with zero attached hydrogens (tertiary/aromatic N) is 5. The van der Waals surface area contributed by atoms with Gasteiger partial charge in [0.05, 0.1) is 11.9 Å². The van der Waals surface area contributed by atoms with Crippen LogP contribution in [0.3, 0.4) is 0 Å². The number of amides is 1. The summed E-state index contributed by atoms with van der Waals surface area (Å²) in [5, 5.41) is 0. The van der Waals surface area contributed by atoms with Gasteiger partial charge < -0.3 is 9.80 Å². The summed E-state index contributed by atoms with van der Waals surface area (Å²) in [7, 11) is 3.59. The quantitative estimate of drug-likeness (QED) is 0.768. The summed E-state index contributed by atoms with van der Waals surface area (Å²) in [6.07, 6.45) is 3.18. The van der Waals surface area contributed by atoms with Gasteiger partial charge in [-0.3, -0.25) is 19.1 Å². The Kier molecular flexibility index (Phi) is 4.88. The Bertz CT molecular complexity index is 993. The lowest BCUT2D eigenvalue weighted by molar-refractivity contribution is -0.131. The molecule has 1 aliphatic heterocycles. The van der Waals surface area contributed by atoms with Crippen molar-refractivity contribution in [1.29, 1.82) is 0 Å². The lowest BCUT2D eigenvalue weighted by Gasteiger charge is -2.26. The monoisotopic (exact) mass is 399 g/mol. The van der Waals surface area contributed by atoms with Crippen LogP contribution in [0.15, 0.2) is 29.3 Å². The molecule has 3 atom stereocenters. The number of pyridine rings is 1. The molecule has 2 aromatic heterocycles. The Morgan fingerprint density at radius 3 is 2.66 bits per heavy atom. The van der Waals surface area contributed by atoms with Gasteiger partial charge in [-0.1, -0.05) is 13.8 Å². The van der Waals surface area contributed by atoms with Gasteiger partial charge in [-0.2, -0.15) is 0 Å². The molecule has 4 rings (SSSR count). The fourth-order valence-electron chi connectivity index (χ4n) is 4.45. The van der Waals surface area contributed by atoms with Gasteiger partial charge in [-0.15, -0.1) is 0 Å². The van der Waals surface area contributed by atoms with Gasteiger partial charge in [0.2, 0.25) is 11.9 Å². The first-order valence-electron chi connectivity index (χ1n) is 9.96. The predicted octanol–water partition coefficient (Wildman–Crippen LogP) is 1.92. The molecular formula is C21H26FN5O2. The van der Waals surface area contributed by atoms with Crippen LogP contribution in [0.25, 0.3) is 11.3 Å². The highest BCUT2D eigenvalue weighted by atomic mass is 19.1. The Morgan fingerprint density at radius 2 is 2.03 bits per heavy atom. The topological polar surface area (TPSA) is 71.3 Å². The van der Waals surface area contributed by atoms with Crippen molar-refractivity contribution in [2.75, 3.05) is 25.0 Å². The fourth-order valence-corrected chi connectivity index (χ4v) is 4.45. The summed E-state index contributed by atoms with van der Waals surface area (Å²) >= 11 is 0. The van der Waals surface area contributed by atoms with Crippen molar-refractivity contribution in [2.24, 2.45) is 24.8 Å². The molecule has 1 aliphatic carbocycles. The molecule has 0 radical (unpaired) electrons. The van der Waals surface area contributed by atoms with E-state index in [1.165, 1.54) is 22.9 Å². The van der Waals surface area contributed by atoms with Gasteiger partial charge >= 0.3 is 0 Å². The van der Waals surface area contributed by atoms with Crippen molar-refractivity contribution in [2.45, 2.75) is 26.3 Å². The van der Waals surface area contributed by atoms with E-state index in [1.807, 2.05) is 16.8 Å². The lowest BCUT2D eigenvalue weighted by Crippen LogP contribution is -2.38. The lowest BCUT2D eigenvalue weighted by atomic mass is 10.1. The number of hydrogen-bond donors (Lipinski definition) is 0. The highest BCUT2D eigenvalue weighted by Gasteiger charge is 2.59. The number of anilines is 1. The van der Waals surface area contributed by atoms with E-state index in [-0.39, 0.29) is 23.1 Å². The first-order valence-corrected chi connectivity index (χ1v) is 9.96. The Morgan fingerprint density at radius 1 is 1.34 bits per heavy atom. The van der Waals surface area contributed by atoms with Crippen molar-refractivity contribution >= 4 is 11.9 Å². The molecule has 2 fully saturated rings. The average molecular weight is 399 g/mol. The zero-order valence-corrected chi connectivity index (χ0v) is 17.2. The van der Waals surface area contributed by atoms with Crippen LogP contribution in [0, 0.1) is 23.6 Å². The maximum absolute atomic E-state index is 14.1. The van der Waals surface area contributed by atoms with Crippen LogP contribution in [-0.4, -0.2) is 51.5 Å². The van der Waals surface area contributed by atoms with E-state index in [4.69, 9.17) is 0 Å². The van der Waals surface area contributed by atoms with Gasteiger partial charge in [-0.05, 0) is 12.0 Å². The number of fused-ring (bicyclic) bond motifs is 1. The number of halogens is 1. The second kappa shape index (κ2) is 7.24. The molecule has 1 saturated carbocycles. The van der Waals surface area contributed by atoms with Crippen molar-refractivity contribution in [3.8, 4) is 11.3 Å². The molecular weight excluding hydrogens is 373 g/mol. The summed E-state index contributed by atoms with van der Waals surface area (Å²) in [4.78, 5) is 37.1. The summed E-state index contributed by atoms with van der Waals surface area (Å²) < 4.78 is 15.6. The van der Waals surface area contributed by atoms with E-state index in [0.29, 0.717) is 35.8 Å². The highest BCUT2D eigenvalue weighted by molar-refractivity contribution is 5.77. The minimum absolute atomic E-state index is 0.217. The van der Waals surface area contributed by atoms with E-state index in [0.717, 1.165) is 19.3 Å². The number of rotatable bonds is 5. The van der Waals surface area contributed by atoms with Crippen molar-refractivity contribution in [1.82, 2.24) is 19.4 Å². The van der Waals surface area contributed by atoms with Crippen molar-refractivity contribution < 1.29 is 9.18 Å². The number of carbonyl (C=O) groups is 1. The molecule has 2 aliphatic rings. The third kappa shape index (κ3) is 3.52. The van der Waals surface area contributed by atoms with Gasteiger partial charge in [0.25, 0.3) is 5.56 Å². The van der Waals surface area contributed by atoms with Gasteiger partial charge in [-0.25, -0.2) is 9.37 Å². The molecule has 0 aromatic carbocycles. The smallest absolute Gasteiger partial charge is 0.255 e. The maximum atomic E-state index is 14.1. The molecule has 3 heterocycles. The SMILES string of the molecule is CC(C)CC(=O)N1C[C@@H]2[C@H](C1)[C@H]2N(C)c1nc(-c2ccncc2F)cc(=O)n1C. The maximum Gasteiger partial charge on any atom is 0.255 e. The molecule has 0 bridgehead atoms. The van der Waals surface area contributed by atoms with Gasteiger partial charge in [0, 0.05) is 69.3 Å². The van der Waals surface area contributed by atoms with Crippen LogP contribution in [0.1, 0.15) is 20.3 Å². The summed E-state index contributed by atoms with van der Waals surface area (Å²) in [5.74, 6) is 1.33. The summed E-state index contributed by atoms with van der Waals surface area (Å²) in [6, 6.07) is 3.09. The second-order valence-corrected chi connectivity index (χ2v) is 8.52. The average Bonchev–Trinajstić information content (AvgIpc) is 3.16. The van der Waals surface area contributed by atoms with Gasteiger partial charge in [0.15, 0.2) is 5.82 Å². The zero-order chi connectivity index (χ0) is 20.9. The van der Waals surface area contributed by atoms with Crippen molar-refractivity contribution in [3.63, 3.8) is 0 Å². The van der Waals surface area contributed by atoms with E-state index in [2.05, 4.69) is 23.8 Å². The zero-order valence-electron chi connectivity index (χ0n) is 17.2. The molecule has 0 spiro atoms. The number of piperidine rings is 1. The van der Waals surface area contributed by atoms with Crippen LogP contribution < -0.4 is 10.5 Å². The Labute approximate surface area is 169 Å². The van der Waals surface area contributed by atoms with Gasteiger partial charge in [0.1, 0.15) is 0 Å². The minimum Gasteiger partial charge on any atom is -0.342 e. The van der Waals surface area contributed by atoms with Crippen LogP contribution >= 0.6 is 0 Å². The van der Waals surface area contributed by atoms with E-state index in [9.17, 15) is 14.0 Å². The predicted molar refractivity (Wildman–Crippen MR) is 108 cm³/mol. The number of carbonyl (C=O) groups excluding carboxylic acids is 1. The number of likely N-dealkylation sites (tertiary alicyclic amines) is 1. The Hall–Kier alpha value is -2.77. The number of hydrogen-bond acceptors (Lipinski definition) is 5. The van der Waals surface area contributed by atoms with Crippen LogP contribution in [0.5, 0.6) is 0 Å². The minimum atomic E-state index is -0.510. The normalized spacial score (nSPS) is 22.7. The highest BCUT2D eigenvalue weighted by Crippen LogP contribution is 2.49. The molecule has 0 N–H and O–H groups in total. The van der Waals surface area contributed by atoms with E-state index < -0.39 is 5.82 Å². The second-order valence-electron chi connectivity index (χ2n) is 8.52. The Balaban J connectivity index is 1.54. The van der Waals surface area contributed by atoms with Crippen molar-refractivity contribution in [3.05, 3.63) is 40.7 Å². The van der Waals surface area contributed by atoms with E-state index in [1.54, 1.807) is 7.05 Å². The molecule has 1 saturated heterocycles. The standard InChI is InChI=1S/C21H26FN5O2/c1-12(2)7-19(29)27-10-14-15(11-27)20(14)26(4)21-24-17(8-18(28)25(21)3)13-5-6-23-9-16(13)22/h5-6,8-9,12,14-15,20H,7,10-11H2,1-4H3/t14-,15+,20+. The van der Waals surface area contributed by atoms with Crippen LogP contribution in [0.4, 0.5) is 10.3 Å². The molecule has 2 aromatic rings. The molecule has 8 heteroatoms.